The van der Waals surface area contributed by atoms with Gasteiger partial charge in [-0.05, 0) is 166 Å². The second-order valence-corrected chi connectivity index (χ2v) is 23.1. The van der Waals surface area contributed by atoms with E-state index in [0.717, 1.165) is 128 Å². The van der Waals surface area contributed by atoms with Gasteiger partial charge < -0.3 is 23.7 Å². The van der Waals surface area contributed by atoms with Gasteiger partial charge in [-0.25, -0.2) is 8.97 Å². The smallest absolute Gasteiger partial charge is 0.293 e. The van der Waals surface area contributed by atoms with Crippen LogP contribution in [0, 0.1) is 25.6 Å². The molecule has 0 fully saturated rings. The zero-order valence-electron chi connectivity index (χ0n) is 53.2. The molecule has 2 aromatic heterocycles. The number of hydrogen-bond acceptors (Lipinski definition) is 8. The van der Waals surface area contributed by atoms with Gasteiger partial charge in [-0.15, -0.1) is 0 Å². The van der Waals surface area contributed by atoms with Crippen molar-refractivity contribution in [1.29, 1.82) is 0 Å². The van der Waals surface area contributed by atoms with Crippen LogP contribution in [0.25, 0.3) is 38.2 Å². The third-order valence-electron chi connectivity index (χ3n) is 15.1. The molecule has 1 amide bonds. The number of carbonyl (C=O) groups is 5. The summed E-state index contributed by atoms with van der Waals surface area (Å²) in [7, 11) is 2.18. The molecule has 0 saturated carbocycles. The molecule has 6 aromatic rings. The highest BCUT2D eigenvalue weighted by Gasteiger charge is 2.29. The predicted octanol–water partition coefficient (Wildman–Crippen LogP) is 17.1. The van der Waals surface area contributed by atoms with Crippen LogP contribution >= 0.6 is 11.6 Å². The van der Waals surface area contributed by atoms with Crippen molar-refractivity contribution >= 4 is 85.7 Å². The molecule has 83 heavy (non-hydrogen) atoms. The van der Waals surface area contributed by atoms with Gasteiger partial charge in [-0.3, -0.25) is 24.2 Å². The van der Waals surface area contributed by atoms with E-state index in [4.69, 9.17) is 21.1 Å². The van der Waals surface area contributed by atoms with E-state index in [-0.39, 0.29) is 34.8 Å². The van der Waals surface area contributed by atoms with Crippen molar-refractivity contribution < 1.29 is 42.4 Å². The van der Waals surface area contributed by atoms with Crippen LogP contribution in [0.2, 0.25) is 5.02 Å². The van der Waals surface area contributed by atoms with Gasteiger partial charge >= 0.3 is 0 Å². The summed E-state index contributed by atoms with van der Waals surface area (Å²) in [4.78, 5) is 59.5. The van der Waals surface area contributed by atoms with Crippen molar-refractivity contribution in [3.8, 4) is 5.75 Å². The molecule has 0 saturated heterocycles. The molecule has 13 heteroatoms. The molecule has 2 atom stereocenters. The minimum atomic E-state index is -0.318. The van der Waals surface area contributed by atoms with Crippen LogP contribution in [-0.4, -0.2) is 93.9 Å². The minimum absolute atomic E-state index is 0.0352. The lowest BCUT2D eigenvalue weighted by Crippen LogP contribution is -2.31. The summed E-state index contributed by atoms with van der Waals surface area (Å²) in [5.41, 5.74) is 12.2. The number of aldehydes is 1. The lowest BCUT2D eigenvalue weighted by molar-refractivity contribution is -0.497. The number of rotatable bonds is 21. The number of aromatic nitrogens is 2. The Hall–Kier alpha value is -6.53. The van der Waals surface area contributed by atoms with Crippen LogP contribution in [0.1, 0.15) is 199 Å². The number of ether oxygens (including phenoxy) is 2. The standard InChI is InChI=1S/C36H43ClFN2O.C18H21NO2.C9H19NO.C5H10O2.C2H4O/c1-7-23(2)17-20-40-25(4)29(11-9-21-41-33-12-8-10-27-22-28(38)13-14-30(27)33)31-15-16-32(37)35(36(31)40)34-24(3)18-19-39(6)26(34)5;1-5-6-16(13(4)21)17-9-15-8-7-14(12(3)20)10-18(15)19-11(17)2;1-4-7-10(8-5-2)9(11)6-3;1-5(2,3)7-4-6;1-2-3/h8,10,12-16,22-23H,7,9,11,17-21H2,1-6H3;7-10,16H,5-6H2,1-4H3;4-8H2,1-3H3;4H,1-3H3;2H,1H3/q+1;;;;. The first kappa shape index (κ1) is 70.7. The first-order chi connectivity index (χ1) is 39.4. The van der Waals surface area contributed by atoms with Gasteiger partial charge in [0.1, 0.15) is 42.8 Å². The maximum atomic E-state index is 13.7. The second kappa shape index (κ2) is 34.9. The lowest BCUT2D eigenvalue weighted by atomic mass is 9.89. The summed E-state index contributed by atoms with van der Waals surface area (Å²) in [5.74, 6) is 1.66. The number of carbonyl (C=O) groups excluding carboxylic acids is 5. The molecule has 11 nitrogen and oxygen atoms in total. The SMILES string of the molecule is CC(C)(C)OC=O.CC=O.CCC(C)CCn1c(C)c(CCCOc2cccc3cc(F)ccc23)c2ccc(Cl)c(C3=C(C)CC[N+](C)=C3C)c21.CCCC(C(C)=O)c1cc2ccc(C(C)=O)cc2nc1C.CCCN(CCC)C(=O)CC. The average molecular weight is 1160 g/mol. The fourth-order valence-electron chi connectivity index (χ4n) is 10.3. The van der Waals surface area contributed by atoms with E-state index in [2.05, 4.69) is 93.4 Å². The van der Waals surface area contributed by atoms with E-state index >= 15 is 0 Å². The number of amides is 1. The first-order valence-corrected chi connectivity index (χ1v) is 30.3. The van der Waals surface area contributed by atoms with Crippen LogP contribution in [0.5, 0.6) is 5.75 Å². The molecule has 0 bridgehead atoms. The Morgan fingerprint density at radius 1 is 0.867 bits per heavy atom. The molecule has 0 aliphatic carbocycles. The number of hydrogen-bond donors (Lipinski definition) is 0. The Morgan fingerprint density at radius 3 is 2.10 bits per heavy atom. The zero-order chi connectivity index (χ0) is 62.1. The van der Waals surface area contributed by atoms with Crippen molar-refractivity contribution in [2.45, 2.75) is 193 Å². The van der Waals surface area contributed by atoms with Crippen LogP contribution < -0.4 is 4.74 Å². The fraction of sp³-hybridized carbons (Fsp3) is 0.500. The molecule has 3 heterocycles. The van der Waals surface area contributed by atoms with Crippen molar-refractivity contribution in [2.24, 2.45) is 5.92 Å². The Balaban J connectivity index is 0.000000355. The monoisotopic (exact) mass is 1160 g/mol. The van der Waals surface area contributed by atoms with Crippen LogP contribution in [0.15, 0.2) is 78.4 Å². The number of fused-ring (bicyclic) bond motifs is 3. The largest absolute Gasteiger partial charge is 0.493 e. The summed E-state index contributed by atoms with van der Waals surface area (Å²) in [6.07, 6.45) is 10.5. The number of aryl methyl sites for hydroxylation is 3. The van der Waals surface area contributed by atoms with E-state index in [1.807, 2.05) is 82.0 Å². The number of halogens is 2. The van der Waals surface area contributed by atoms with Gasteiger partial charge in [0, 0.05) is 84.0 Å². The quantitative estimate of drug-likeness (QED) is 0.0302. The lowest BCUT2D eigenvalue weighted by Gasteiger charge is -2.20. The predicted molar refractivity (Wildman–Crippen MR) is 343 cm³/mol. The Bertz CT molecular complexity index is 3200. The molecule has 1 aliphatic heterocycles. The van der Waals surface area contributed by atoms with E-state index in [1.165, 1.54) is 64.0 Å². The molecule has 1 aliphatic rings. The number of pyridine rings is 1. The van der Waals surface area contributed by atoms with Gasteiger partial charge in [-0.1, -0.05) is 102 Å². The molecule has 0 radical (unpaired) electrons. The van der Waals surface area contributed by atoms with Crippen LogP contribution in [-0.2, 0) is 36.9 Å². The maximum absolute atomic E-state index is 13.7. The minimum Gasteiger partial charge on any atom is -0.493 e. The third-order valence-corrected chi connectivity index (χ3v) is 15.4. The van der Waals surface area contributed by atoms with E-state index in [1.54, 1.807) is 26.0 Å². The summed E-state index contributed by atoms with van der Waals surface area (Å²) < 4.78 is 29.4. The van der Waals surface area contributed by atoms with Crippen LogP contribution in [0.3, 0.4) is 0 Å². The average Bonchev–Trinajstić information content (AvgIpc) is 2.00. The Labute approximate surface area is 501 Å². The number of Topliss-reactive ketones (excluding diaryl/α,β-unsaturated/α-hetero) is 2. The highest BCUT2D eigenvalue weighted by atomic mass is 35.5. The van der Waals surface area contributed by atoms with E-state index in [9.17, 15) is 23.6 Å². The number of nitrogens with zero attached hydrogens (tertiary/aromatic N) is 4. The fourth-order valence-corrected chi connectivity index (χ4v) is 10.5. The van der Waals surface area contributed by atoms with Gasteiger partial charge in [0.15, 0.2) is 11.5 Å². The zero-order valence-corrected chi connectivity index (χ0v) is 54.0. The highest BCUT2D eigenvalue weighted by molar-refractivity contribution is 6.37. The molecule has 452 valence electrons. The summed E-state index contributed by atoms with van der Waals surface area (Å²) >= 11 is 7.07. The van der Waals surface area contributed by atoms with Gasteiger partial charge in [0.05, 0.1) is 28.2 Å². The molecule has 4 aromatic carbocycles. The van der Waals surface area contributed by atoms with Crippen molar-refractivity contribution in [3.63, 3.8) is 0 Å². The third kappa shape index (κ3) is 20.6. The summed E-state index contributed by atoms with van der Waals surface area (Å²) in [6.45, 7) is 36.5. The van der Waals surface area contributed by atoms with Crippen molar-refractivity contribution in [3.05, 3.63) is 123 Å². The first-order valence-electron chi connectivity index (χ1n) is 30.0. The Morgan fingerprint density at radius 2 is 1.53 bits per heavy atom. The van der Waals surface area contributed by atoms with Gasteiger partial charge in [0.25, 0.3) is 6.47 Å². The van der Waals surface area contributed by atoms with Gasteiger partial charge in [0.2, 0.25) is 5.91 Å². The van der Waals surface area contributed by atoms with E-state index in [0.29, 0.717) is 31.0 Å². The molecule has 2 unspecified atom stereocenters. The number of benzene rings is 4. The maximum Gasteiger partial charge on any atom is 0.293 e. The molecular formula is C70H97ClFN4O7+. The topological polar surface area (TPSA) is 128 Å². The number of ketones is 2. The molecule has 0 spiro atoms. The van der Waals surface area contributed by atoms with E-state index < -0.39 is 0 Å². The molecular weight excluding hydrogens is 1060 g/mol. The van der Waals surface area contributed by atoms with Gasteiger partial charge in [-0.2, -0.15) is 0 Å². The normalized spacial score (nSPS) is 12.9. The summed E-state index contributed by atoms with van der Waals surface area (Å²) in [5, 5.41) is 4.90. The summed E-state index contributed by atoms with van der Waals surface area (Å²) in [6, 6.07) is 22.6. The molecule has 7 rings (SSSR count). The number of allylic oxidation sites excluding steroid dienone is 1. The highest BCUT2D eigenvalue weighted by Crippen LogP contribution is 2.40. The van der Waals surface area contributed by atoms with Crippen LogP contribution in [0.4, 0.5) is 4.39 Å². The second-order valence-electron chi connectivity index (χ2n) is 22.7. The van der Waals surface area contributed by atoms with Crippen molar-refractivity contribution in [1.82, 2.24) is 14.5 Å². The van der Waals surface area contributed by atoms with Crippen molar-refractivity contribution in [2.75, 3.05) is 33.3 Å². The molecule has 0 N–H and O–H groups in total. The Kier molecular flexibility index (Phi) is 29.8.